The quantitative estimate of drug-likeness (QED) is 0.725. The van der Waals surface area contributed by atoms with Crippen molar-refractivity contribution in [2.24, 2.45) is 17.3 Å². The molecule has 1 aliphatic carbocycles. The van der Waals surface area contributed by atoms with Crippen molar-refractivity contribution in [2.45, 2.75) is 37.9 Å². The Morgan fingerprint density at radius 3 is 2.40 bits per heavy atom. The molecule has 1 spiro atoms. The lowest BCUT2D eigenvalue weighted by Crippen LogP contribution is -2.43. The maximum atomic E-state index is 12.5. The van der Waals surface area contributed by atoms with Crippen LogP contribution < -0.4 is 10.6 Å². The number of hydrogen-bond acceptors (Lipinski definition) is 4. The van der Waals surface area contributed by atoms with Gasteiger partial charge in [0.05, 0.1) is 0 Å². The van der Waals surface area contributed by atoms with Crippen molar-refractivity contribution in [3.05, 3.63) is 0 Å². The van der Waals surface area contributed by atoms with Gasteiger partial charge in [0.25, 0.3) is 10.0 Å². The fourth-order valence-corrected chi connectivity index (χ4v) is 4.99. The van der Waals surface area contributed by atoms with Gasteiger partial charge in [-0.2, -0.15) is 13.1 Å². The van der Waals surface area contributed by atoms with Crippen LogP contribution in [0.1, 0.15) is 32.1 Å². The molecule has 146 valence electrons. The minimum atomic E-state index is -4.47. The van der Waals surface area contributed by atoms with Gasteiger partial charge >= 0.3 is 5.76 Å². The highest BCUT2D eigenvalue weighted by molar-refractivity contribution is 7.89. The normalized spacial score (nSPS) is 27.1. The molecule has 25 heavy (non-hydrogen) atoms. The average Bonchev–Trinajstić information content (AvgIpc) is 3.26. The second-order valence-corrected chi connectivity index (χ2v) is 9.16. The number of rotatable bonds is 5. The van der Waals surface area contributed by atoms with Gasteiger partial charge in [-0.1, -0.05) is 0 Å². The minimum Gasteiger partial charge on any atom is -0.356 e. The first kappa shape index (κ1) is 20.8. The van der Waals surface area contributed by atoms with Crippen LogP contribution in [0.25, 0.3) is 0 Å². The van der Waals surface area contributed by atoms with E-state index in [2.05, 4.69) is 10.6 Å². The van der Waals surface area contributed by atoms with Gasteiger partial charge in [-0.05, 0) is 56.5 Å². The molecule has 1 unspecified atom stereocenters. The van der Waals surface area contributed by atoms with E-state index in [4.69, 9.17) is 0 Å². The van der Waals surface area contributed by atoms with Crippen molar-refractivity contribution in [3.8, 4) is 0 Å². The molecule has 10 heteroatoms. The third-order valence-corrected chi connectivity index (χ3v) is 7.36. The van der Waals surface area contributed by atoms with Crippen molar-refractivity contribution < 1.29 is 22.0 Å². The summed E-state index contributed by atoms with van der Waals surface area (Å²) in [6, 6.07) is 0. The lowest BCUT2D eigenvalue weighted by atomic mass is 9.91. The van der Waals surface area contributed by atoms with Crippen LogP contribution >= 0.6 is 12.4 Å². The molecule has 3 aliphatic rings. The third kappa shape index (κ3) is 4.43. The molecule has 6 nitrogen and oxygen atoms in total. The summed E-state index contributed by atoms with van der Waals surface area (Å²) in [6.45, 7) is 2.66. The van der Waals surface area contributed by atoms with Gasteiger partial charge in [0.15, 0.2) is 0 Å². The number of nitrogens with one attached hydrogen (secondary N) is 2. The molecule has 2 N–H and O–H groups in total. The van der Waals surface area contributed by atoms with Crippen molar-refractivity contribution >= 4 is 28.3 Å². The molecule has 1 amide bonds. The van der Waals surface area contributed by atoms with E-state index < -0.39 is 15.8 Å². The van der Waals surface area contributed by atoms with Crippen LogP contribution in [0.3, 0.4) is 0 Å². The monoisotopic (exact) mass is 401 g/mol. The molecule has 0 bridgehead atoms. The summed E-state index contributed by atoms with van der Waals surface area (Å²) in [7, 11) is -4.47. The summed E-state index contributed by atoms with van der Waals surface area (Å²) in [5.74, 6) is -3.00. The predicted octanol–water partition coefficient (Wildman–Crippen LogP) is 1.18. The van der Waals surface area contributed by atoms with Crippen LogP contribution in [-0.4, -0.2) is 57.1 Å². The van der Waals surface area contributed by atoms with Crippen molar-refractivity contribution in [1.29, 1.82) is 0 Å². The van der Waals surface area contributed by atoms with Crippen LogP contribution in [0.4, 0.5) is 8.78 Å². The van der Waals surface area contributed by atoms with Gasteiger partial charge in [0, 0.05) is 25.6 Å². The number of alkyl halides is 2. The number of carbonyl (C=O) groups excluding carboxylic acids is 1. The highest BCUT2D eigenvalue weighted by Crippen LogP contribution is 2.58. The number of halogens is 3. The van der Waals surface area contributed by atoms with E-state index in [0.29, 0.717) is 19.4 Å². The van der Waals surface area contributed by atoms with E-state index in [9.17, 15) is 22.0 Å². The molecule has 0 radical (unpaired) electrons. The Kier molecular flexibility index (Phi) is 6.67. The summed E-state index contributed by atoms with van der Waals surface area (Å²) in [4.78, 5) is 12.3. The first-order chi connectivity index (χ1) is 11.3. The van der Waals surface area contributed by atoms with E-state index in [1.54, 1.807) is 0 Å². The maximum absolute atomic E-state index is 12.5. The number of nitrogens with zero attached hydrogens (tertiary/aromatic N) is 1. The molecule has 0 aromatic carbocycles. The van der Waals surface area contributed by atoms with E-state index >= 15 is 0 Å². The van der Waals surface area contributed by atoms with Gasteiger partial charge in [-0.3, -0.25) is 4.79 Å². The Balaban J connectivity index is 0.00000225. The van der Waals surface area contributed by atoms with Crippen LogP contribution in [0, 0.1) is 17.3 Å². The van der Waals surface area contributed by atoms with Gasteiger partial charge in [-0.25, -0.2) is 8.42 Å². The number of piperidine rings is 2. The molecule has 0 aromatic rings. The molecule has 2 saturated heterocycles. The van der Waals surface area contributed by atoms with Crippen LogP contribution in [-0.2, 0) is 14.8 Å². The number of hydrogen-bond donors (Lipinski definition) is 2. The Morgan fingerprint density at radius 2 is 1.84 bits per heavy atom. The molecule has 2 heterocycles. The number of sulfonamides is 1. The summed E-state index contributed by atoms with van der Waals surface area (Å²) in [6.07, 6.45) is 4.08. The fraction of sp³-hybridized carbons (Fsp3) is 0.933. The Bertz CT molecular complexity index is 577. The van der Waals surface area contributed by atoms with Gasteiger partial charge in [0.2, 0.25) is 5.91 Å². The van der Waals surface area contributed by atoms with E-state index in [1.165, 1.54) is 0 Å². The molecule has 0 aromatic heterocycles. The Hall–Kier alpha value is -0.510. The zero-order valence-electron chi connectivity index (χ0n) is 14.0. The van der Waals surface area contributed by atoms with Crippen LogP contribution in [0.5, 0.6) is 0 Å². The molecule has 3 fully saturated rings. The zero-order valence-corrected chi connectivity index (χ0v) is 15.7. The van der Waals surface area contributed by atoms with Gasteiger partial charge in [0.1, 0.15) is 0 Å². The second-order valence-electron chi connectivity index (χ2n) is 7.26. The first-order valence-corrected chi connectivity index (χ1v) is 10.1. The molecule has 1 saturated carbocycles. The van der Waals surface area contributed by atoms with Crippen molar-refractivity contribution in [3.63, 3.8) is 0 Å². The lowest BCUT2D eigenvalue weighted by Gasteiger charge is -2.31. The fourth-order valence-electron chi connectivity index (χ4n) is 4.04. The average molecular weight is 402 g/mol. The Morgan fingerprint density at radius 1 is 1.24 bits per heavy atom. The minimum absolute atomic E-state index is 0. The Labute approximate surface area is 153 Å². The standard InChI is InChI=1S/C15H25F2N3O3S.ClH/c16-14(17)24(22,23)20-7-1-11(2-8-20)10-19-13(21)12-9-15(12)3-5-18-6-4-15;/h11-12,14,18H,1-10H2,(H,19,21);1H. The largest absolute Gasteiger partial charge is 0.356 e. The summed E-state index contributed by atoms with van der Waals surface area (Å²) in [5.41, 5.74) is 0.198. The third-order valence-electron chi connectivity index (χ3n) is 5.83. The van der Waals surface area contributed by atoms with Crippen LogP contribution in [0.15, 0.2) is 0 Å². The smallest absolute Gasteiger partial charge is 0.350 e. The predicted molar refractivity (Wildman–Crippen MR) is 92.1 cm³/mol. The summed E-state index contributed by atoms with van der Waals surface area (Å²) >= 11 is 0. The summed E-state index contributed by atoms with van der Waals surface area (Å²) in [5, 5.41) is 6.30. The van der Waals surface area contributed by atoms with Crippen LogP contribution in [0.2, 0.25) is 0 Å². The highest BCUT2D eigenvalue weighted by Gasteiger charge is 2.57. The van der Waals surface area contributed by atoms with E-state index in [0.717, 1.165) is 36.7 Å². The number of amides is 1. The molecule has 1 atom stereocenters. The lowest BCUT2D eigenvalue weighted by molar-refractivity contribution is -0.123. The zero-order chi connectivity index (χ0) is 17.4. The first-order valence-electron chi connectivity index (χ1n) is 8.61. The molecular weight excluding hydrogens is 376 g/mol. The summed E-state index contributed by atoms with van der Waals surface area (Å²) < 4.78 is 48.8. The van der Waals surface area contributed by atoms with Gasteiger partial charge in [-0.15, -0.1) is 12.4 Å². The molecular formula is C15H26ClF2N3O3S. The highest BCUT2D eigenvalue weighted by atomic mass is 35.5. The van der Waals surface area contributed by atoms with E-state index in [-0.39, 0.29) is 48.7 Å². The number of carbonyl (C=O) groups is 1. The van der Waals surface area contributed by atoms with Crippen molar-refractivity contribution in [2.75, 3.05) is 32.7 Å². The van der Waals surface area contributed by atoms with Gasteiger partial charge < -0.3 is 10.6 Å². The topological polar surface area (TPSA) is 78.5 Å². The maximum Gasteiger partial charge on any atom is 0.350 e. The molecule has 3 rings (SSSR count). The van der Waals surface area contributed by atoms with Crippen molar-refractivity contribution in [1.82, 2.24) is 14.9 Å². The van der Waals surface area contributed by atoms with E-state index in [1.807, 2.05) is 0 Å². The second kappa shape index (κ2) is 8.02. The SMILES string of the molecule is Cl.O=C(NCC1CCN(S(=O)(=O)C(F)F)CC1)C1CC12CCNCC2. The molecule has 2 aliphatic heterocycles.